The van der Waals surface area contributed by atoms with Gasteiger partial charge in [0.15, 0.2) is 5.78 Å². The molecule has 0 aromatic heterocycles. The van der Waals surface area contributed by atoms with Crippen molar-refractivity contribution in [3.63, 3.8) is 0 Å². The standard InChI is InChI=1S/C15H20O5/c1-10-6-12(17)8-14(2,3)15(10,20)5-4-11(9-16)7-13(18)19/h4-7,16,20H,8-9H2,1-3H3,(H,18,19)/b5-4+,11-7-. The van der Waals surface area contributed by atoms with Crippen LogP contribution < -0.4 is 0 Å². The summed E-state index contributed by atoms with van der Waals surface area (Å²) in [5, 5.41) is 28.6. The summed E-state index contributed by atoms with van der Waals surface area (Å²) in [5.74, 6) is -1.22. The second-order valence-corrected chi connectivity index (χ2v) is 5.67. The zero-order chi connectivity index (χ0) is 15.6. The molecule has 0 aromatic rings. The largest absolute Gasteiger partial charge is 0.478 e. The fourth-order valence-corrected chi connectivity index (χ4v) is 2.40. The van der Waals surface area contributed by atoms with E-state index in [9.17, 15) is 14.7 Å². The van der Waals surface area contributed by atoms with E-state index in [-0.39, 0.29) is 17.8 Å². The molecule has 110 valence electrons. The summed E-state index contributed by atoms with van der Waals surface area (Å²) < 4.78 is 0. The van der Waals surface area contributed by atoms with Crippen LogP contribution in [0.4, 0.5) is 0 Å². The van der Waals surface area contributed by atoms with E-state index in [4.69, 9.17) is 10.2 Å². The molecule has 0 spiro atoms. The third-order valence-electron chi connectivity index (χ3n) is 3.66. The summed E-state index contributed by atoms with van der Waals surface area (Å²) in [6, 6.07) is 0. The molecular formula is C15H20O5. The minimum atomic E-state index is -1.35. The van der Waals surface area contributed by atoms with Gasteiger partial charge in [0.1, 0.15) is 5.60 Å². The predicted molar refractivity (Wildman–Crippen MR) is 74.1 cm³/mol. The van der Waals surface area contributed by atoms with Crippen LogP contribution in [0.1, 0.15) is 27.2 Å². The normalized spacial score (nSPS) is 26.8. The molecule has 20 heavy (non-hydrogen) atoms. The molecule has 3 N–H and O–H groups in total. The van der Waals surface area contributed by atoms with Crippen LogP contribution in [0.15, 0.2) is 35.5 Å². The van der Waals surface area contributed by atoms with Crippen LogP contribution in [0.2, 0.25) is 0 Å². The van der Waals surface area contributed by atoms with Crippen LogP contribution in [0.3, 0.4) is 0 Å². The summed E-state index contributed by atoms with van der Waals surface area (Å²) in [6.45, 7) is 4.75. The summed E-state index contributed by atoms with van der Waals surface area (Å²) in [7, 11) is 0. The highest BCUT2D eigenvalue weighted by atomic mass is 16.4. The number of carbonyl (C=O) groups excluding carboxylic acids is 1. The van der Waals surface area contributed by atoms with Crippen LogP contribution in [-0.4, -0.2) is 39.3 Å². The molecule has 0 fully saturated rings. The van der Waals surface area contributed by atoms with E-state index >= 15 is 0 Å². The fourth-order valence-electron chi connectivity index (χ4n) is 2.40. The molecule has 0 heterocycles. The minimum Gasteiger partial charge on any atom is -0.478 e. The molecular weight excluding hydrogens is 260 g/mol. The Labute approximate surface area is 117 Å². The van der Waals surface area contributed by atoms with Gasteiger partial charge in [-0.2, -0.15) is 0 Å². The molecule has 0 aliphatic heterocycles. The first-order valence-electron chi connectivity index (χ1n) is 6.30. The van der Waals surface area contributed by atoms with E-state index in [0.717, 1.165) is 6.08 Å². The molecule has 0 aromatic carbocycles. The molecule has 0 amide bonds. The van der Waals surface area contributed by atoms with Crippen LogP contribution in [0.5, 0.6) is 0 Å². The molecule has 0 saturated heterocycles. The second kappa shape index (κ2) is 5.73. The average molecular weight is 280 g/mol. The molecule has 0 bridgehead atoms. The highest BCUT2D eigenvalue weighted by Gasteiger charge is 2.46. The molecule has 1 aliphatic carbocycles. The molecule has 5 heteroatoms. The smallest absolute Gasteiger partial charge is 0.328 e. The number of aliphatic carboxylic acids is 1. The molecule has 0 radical (unpaired) electrons. The van der Waals surface area contributed by atoms with E-state index in [0.29, 0.717) is 5.57 Å². The van der Waals surface area contributed by atoms with Crippen LogP contribution >= 0.6 is 0 Å². The van der Waals surface area contributed by atoms with Gasteiger partial charge in [0.05, 0.1) is 6.61 Å². The van der Waals surface area contributed by atoms with E-state index in [1.54, 1.807) is 20.8 Å². The van der Waals surface area contributed by atoms with Gasteiger partial charge in [0.25, 0.3) is 0 Å². The van der Waals surface area contributed by atoms with Crippen LogP contribution in [0.25, 0.3) is 0 Å². The highest BCUT2D eigenvalue weighted by molar-refractivity contribution is 5.92. The van der Waals surface area contributed by atoms with Crippen molar-refractivity contribution >= 4 is 11.8 Å². The molecule has 1 rings (SSSR count). The van der Waals surface area contributed by atoms with Crippen molar-refractivity contribution < 1.29 is 24.9 Å². The number of rotatable bonds is 4. The van der Waals surface area contributed by atoms with Crippen LogP contribution in [-0.2, 0) is 9.59 Å². The van der Waals surface area contributed by atoms with Gasteiger partial charge in [-0.1, -0.05) is 19.9 Å². The lowest BCUT2D eigenvalue weighted by Crippen LogP contribution is -2.48. The second-order valence-electron chi connectivity index (χ2n) is 5.67. The van der Waals surface area contributed by atoms with Gasteiger partial charge >= 0.3 is 5.97 Å². The number of ketones is 1. The van der Waals surface area contributed by atoms with Crippen molar-refractivity contribution in [1.29, 1.82) is 0 Å². The number of hydrogen-bond donors (Lipinski definition) is 3. The summed E-state index contributed by atoms with van der Waals surface area (Å²) in [5.41, 5.74) is -1.38. The third kappa shape index (κ3) is 3.23. The minimum absolute atomic E-state index is 0.0472. The highest BCUT2D eigenvalue weighted by Crippen LogP contribution is 2.44. The van der Waals surface area contributed by atoms with Gasteiger partial charge in [-0.05, 0) is 30.2 Å². The number of hydrogen-bond acceptors (Lipinski definition) is 4. The summed E-state index contributed by atoms with van der Waals surface area (Å²) >= 11 is 0. The number of carboxylic acids is 1. The van der Waals surface area contributed by atoms with Crippen molar-refractivity contribution in [1.82, 2.24) is 0 Å². The molecule has 5 nitrogen and oxygen atoms in total. The predicted octanol–water partition coefficient (Wildman–Crippen LogP) is 1.22. The Morgan fingerprint density at radius 3 is 2.50 bits per heavy atom. The Hall–Kier alpha value is -1.72. The van der Waals surface area contributed by atoms with Crippen molar-refractivity contribution in [2.45, 2.75) is 32.8 Å². The number of carboxylic acid groups (broad SMARTS) is 1. The van der Waals surface area contributed by atoms with Crippen molar-refractivity contribution in [3.05, 3.63) is 35.5 Å². The molecule has 1 aliphatic rings. The summed E-state index contributed by atoms with van der Waals surface area (Å²) in [4.78, 5) is 22.2. The van der Waals surface area contributed by atoms with Crippen LogP contribution in [0, 0.1) is 5.41 Å². The topological polar surface area (TPSA) is 94.8 Å². The molecule has 1 unspecified atom stereocenters. The Kier molecular flexibility index (Phi) is 4.68. The lowest BCUT2D eigenvalue weighted by molar-refractivity contribution is -0.131. The average Bonchev–Trinajstić information content (AvgIpc) is 2.30. The molecule has 1 atom stereocenters. The third-order valence-corrected chi connectivity index (χ3v) is 3.66. The maximum Gasteiger partial charge on any atom is 0.328 e. The number of aliphatic hydroxyl groups is 2. The van der Waals surface area contributed by atoms with Crippen molar-refractivity contribution in [3.8, 4) is 0 Å². The van der Waals surface area contributed by atoms with E-state index < -0.39 is 23.6 Å². The monoisotopic (exact) mass is 280 g/mol. The lowest BCUT2D eigenvalue weighted by Gasteiger charge is -2.44. The maximum atomic E-state index is 11.6. The Morgan fingerprint density at radius 2 is 2.05 bits per heavy atom. The Balaban J connectivity index is 3.18. The van der Waals surface area contributed by atoms with Gasteiger partial charge < -0.3 is 15.3 Å². The first-order valence-corrected chi connectivity index (χ1v) is 6.30. The van der Waals surface area contributed by atoms with E-state index in [2.05, 4.69) is 0 Å². The Bertz CT molecular complexity index is 510. The number of aliphatic hydroxyl groups excluding tert-OH is 1. The number of allylic oxidation sites excluding steroid dienone is 1. The zero-order valence-electron chi connectivity index (χ0n) is 11.9. The quantitative estimate of drug-likeness (QED) is 0.531. The van der Waals surface area contributed by atoms with E-state index in [1.807, 2.05) is 0 Å². The van der Waals surface area contributed by atoms with E-state index in [1.165, 1.54) is 18.2 Å². The van der Waals surface area contributed by atoms with Crippen molar-refractivity contribution in [2.75, 3.05) is 6.61 Å². The Morgan fingerprint density at radius 1 is 1.45 bits per heavy atom. The summed E-state index contributed by atoms with van der Waals surface area (Å²) in [6.07, 6.45) is 5.29. The van der Waals surface area contributed by atoms with Crippen molar-refractivity contribution in [2.24, 2.45) is 5.41 Å². The first kappa shape index (κ1) is 16.3. The number of carbonyl (C=O) groups is 2. The zero-order valence-corrected chi connectivity index (χ0v) is 11.9. The maximum absolute atomic E-state index is 11.6. The lowest BCUT2D eigenvalue weighted by atomic mass is 9.64. The van der Waals surface area contributed by atoms with Gasteiger partial charge in [0, 0.05) is 17.9 Å². The SMILES string of the molecule is CC1=CC(=O)CC(C)(C)C1(O)/C=C/C(=C/C(=O)O)CO. The van der Waals surface area contributed by atoms with Gasteiger partial charge in [0.2, 0.25) is 0 Å². The van der Waals surface area contributed by atoms with Gasteiger partial charge in [-0.15, -0.1) is 0 Å². The first-order chi connectivity index (χ1) is 9.12. The van der Waals surface area contributed by atoms with Gasteiger partial charge in [-0.25, -0.2) is 4.79 Å². The molecule has 0 saturated carbocycles. The van der Waals surface area contributed by atoms with Gasteiger partial charge in [-0.3, -0.25) is 4.79 Å². The fraction of sp³-hybridized carbons (Fsp3) is 0.467.